The summed E-state index contributed by atoms with van der Waals surface area (Å²) in [6.45, 7) is 5.74. The molecular formula is C14H26N4O4S. The highest BCUT2D eigenvalue weighted by Gasteiger charge is 2.31. The fourth-order valence-electron chi connectivity index (χ4n) is 2.48. The summed E-state index contributed by atoms with van der Waals surface area (Å²) in [7, 11) is -0.618. The average molecular weight is 346 g/mol. The van der Waals surface area contributed by atoms with Gasteiger partial charge in [-0.15, -0.1) is 0 Å². The SMILES string of the molecule is CC(C)c1cc(CN2CC[C@@H](NS(=O)(=O)N(C)C)[C@H](O)C2)no1. The summed E-state index contributed by atoms with van der Waals surface area (Å²) in [6.07, 6.45) is -0.210. The number of aliphatic hydroxyl groups excluding tert-OH is 1. The quantitative estimate of drug-likeness (QED) is 0.760. The molecule has 1 aromatic heterocycles. The Kier molecular flexibility index (Phi) is 5.79. The van der Waals surface area contributed by atoms with Gasteiger partial charge >= 0.3 is 0 Å². The predicted molar refractivity (Wildman–Crippen MR) is 86.0 cm³/mol. The highest BCUT2D eigenvalue weighted by Crippen LogP contribution is 2.18. The minimum absolute atomic E-state index is 0.285. The molecule has 1 aromatic rings. The van der Waals surface area contributed by atoms with Crippen molar-refractivity contribution < 1.29 is 18.0 Å². The maximum atomic E-state index is 11.9. The van der Waals surface area contributed by atoms with Gasteiger partial charge in [-0.1, -0.05) is 19.0 Å². The lowest BCUT2D eigenvalue weighted by atomic mass is 10.0. The summed E-state index contributed by atoms with van der Waals surface area (Å²) in [6, 6.07) is 1.46. The number of aliphatic hydroxyl groups is 1. The molecule has 0 aromatic carbocycles. The molecule has 9 heteroatoms. The van der Waals surface area contributed by atoms with Gasteiger partial charge in [-0.3, -0.25) is 4.90 Å². The van der Waals surface area contributed by atoms with Crippen LogP contribution >= 0.6 is 0 Å². The zero-order valence-corrected chi connectivity index (χ0v) is 14.9. The van der Waals surface area contributed by atoms with E-state index in [1.165, 1.54) is 14.1 Å². The van der Waals surface area contributed by atoms with E-state index in [4.69, 9.17) is 4.52 Å². The topological polar surface area (TPSA) is 98.9 Å². The Morgan fingerprint density at radius 3 is 2.74 bits per heavy atom. The van der Waals surface area contributed by atoms with E-state index in [0.29, 0.717) is 26.1 Å². The van der Waals surface area contributed by atoms with E-state index in [0.717, 1.165) is 15.8 Å². The molecule has 1 saturated heterocycles. The second-order valence-corrected chi connectivity index (χ2v) is 8.39. The normalized spacial score (nSPS) is 23.8. The van der Waals surface area contributed by atoms with E-state index in [9.17, 15) is 13.5 Å². The Morgan fingerprint density at radius 2 is 2.22 bits per heavy atom. The van der Waals surface area contributed by atoms with Crippen molar-refractivity contribution >= 4 is 10.2 Å². The number of β-amino-alcohol motifs (C(OH)–C–C–N with tert-alkyl or cyclic N) is 1. The van der Waals surface area contributed by atoms with Crippen LogP contribution in [-0.2, 0) is 16.8 Å². The van der Waals surface area contributed by atoms with Gasteiger partial charge in [0.1, 0.15) is 5.76 Å². The maximum absolute atomic E-state index is 11.9. The molecule has 1 aliphatic heterocycles. The zero-order chi connectivity index (χ0) is 17.2. The molecule has 0 aliphatic carbocycles. The third-order valence-electron chi connectivity index (χ3n) is 3.98. The standard InChI is InChI=1S/C14H26N4O4S/c1-10(2)14-7-11(15-22-14)8-18-6-5-12(13(19)9-18)16-23(20,21)17(3)4/h7,10,12-13,16,19H,5-6,8-9H2,1-4H3/t12-,13-/m1/s1. The van der Waals surface area contributed by atoms with Crippen LogP contribution in [0.2, 0.25) is 0 Å². The van der Waals surface area contributed by atoms with E-state index in [-0.39, 0.29) is 5.92 Å². The van der Waals surface area contributed by atoms with Crippen LogP contribution in [0.15, 0.2) is 10.6 Å². The van der Waals surface area contributed by atoms with E-state index in [1.807, 2.05) is 24.8 Å². The molecule has 0 radical (unpaired) electrons. The number of hydrogen-bond acceptors (Lipinski definition) is 6. The molecule has 0 bridgehead atoms. The van der Waals surface area contributed by atoms with Crippen LogP contribution < -0.4 is 4.72 Å². The van der Waals surface area contributed by atoms with Crippen molar-refractivity contribution in [3.05, 3.63) is 17.5 Å². The smallest absolute Gasteiger partial charge is 0.279 e. The van der Waals surface area contributed by atoms with Crippen LogP contribution in [0.25, 0.3) is 0 Å². The van der Waals surface area contributed by atoms with Crippen LogP contribution in [0.1, 0.15) is 37.6 Å². The van der Waals surface area contributed by atoms with Crippen LogP contribution in [0.5, 0.6) is 0 Å². The molecule has 1 aliphatic rings. The van der Waals surface area contributed by atoms with Crippen molar-refractivity contribution in [2.75, 3.05) is 27.2 Å². The molecule has 2 heterocycles. The van der Waals surface area contributed by atoms with Gasteiger partial charge in [0.2, 0.25) is 0 Å². The molecule has 2 atom stereocenters. The Balaban J connectivity index is 1.90. The Morgan fingerprint density at radius 1 is 1.52 bits per heavy atom. The minimum Gasteiger partial charge on any atom is -0.390 e. The Hall–Kier alpha value is -1.00. The number of aromatic nitrogens is 1. The van der Waals surface area contributed by atoms with Crippen LogP contribution in [0.4, 0.5) is 0 Å². The van der Waals surface area contributed by atoms with Gasteiger partial charge in [-0.05, 0) is 6.42 Å². The number of nitrogens with one attached hydrogen (secondary N) is 1. The second-order valence-electron chi connectivity index (χ2n) is 6.48. The van der Waals surface area contributed by atoms with E-state index in [2.05, 4.69) is 9.88 Å². The number of hydrogen-bond donors (Lipinski definition) is 2. The first kappa shape index (κ1) is 18.3. The first-order valence-corrected chi connectivity index (χ1v) is 9.18. The first-order chi connectivity index (χ1) is 10.7. The summed E-state index contributed by atoms with van der Waals surface area (Å²) in [5.74, 6) is 1.13. The monoisotopic (exact) mass is 346 g/mol. The average Bonchev–Trinajstić information content (AvgIpc) is 2.90. The lowest BCUT2D eigenvalue weighted by molar-refractivity contribution is 0.0432. The summed E-state index contributed by atoms with van der Waals surface area (Å²) >= 11 is 0. The molecule has 23 heavy (non-hydrogen) atoms. The van der Waals surface area contributed by atoms with Gasteiger partial charge in [0.25, 0.3) is 10.2 Å². The van der Waals surface area contributed by atoms with E-state index in [1.54, 1.807) is 0 Å². The van der Waals surface area contributed by atoms with Gasteiger partial charge in [0, 0.05) is 45.7 Å². The zero-order valence-electron chi connectivity index (χ0n) is 14.1. The van der Waals surface area contributed by atoms with Crippen molar-refractivity contribution in [3.63, 3.8) is 0 Å². The van der Waals surface area contributed by atoms with Gasteiger partial charge in [0.15, 0.2) is 0 Å². The van der Waals surface area contributed by atoms with Gasteiger partial charge in [-0.2, -0.15) is 17.4 Å². The summed E-state index contributed by atoms with van der Waals surface area (Å²) in [5, 5.41) is 14.3. The fourth-order valence-corrected chi connectivity index (χ4v) is 3.35. The van der Waals surface area contributed by atoms with Crippen molar-refractivity contribution in [1.82, 2.24) is 19.1 Å². The molecule has 0 spiro atoms. The molecule has 132 valence electrons. The van der Waals surface area contributed by atoms with E-state index < -0.39 is 22.4 Å². The summed E-state index contributed by atoms with van der Waals surface area (Å²) in [4.78, 5) is 2.05. The number of nitrogens with zero attached hydrogens (tertiary/aromatic N) is 3. The molecular weight excluding hydrogens is 320 g/mol. The predicted octanol–water partition coefficient (Wildman–Crippen LogP) is 0.129. The van der Waals surface area contributed by atoms with Crippen LogP contribution in [0.3, 0.4) is 0 Å². The number of rotatable bonds is 6. The molecule has 0 saturated carbocycles. The van der Waals surface area contributed by atoms with Crippen LogP contribution in [0, 0.1) is 0 Å². The van der Waals surface area contributed by atoms with Crippen molar-refractivity contribution in [2.45, 2.75) is 44.9 Å². The minimum atomic E-state index is -3.54. The molecule has 0 amide bonds. The van der Waals surface area contributed by atoms with Gasteiger partial charge in [0.05, 0.1) is 17.8 Å². The lowest BCUT2D eigenvalue weighted by Gasteiger charge is -2.36. The third-order valence-corrected chi connectivity index (χ3v) is 5.54. The largest absolute Gasteiger partial charge is 0.390 e. The van der Waals surface area contributed by atoms with Gasteiger partial charge < -0.3 is 9.63 Å². The first-order valence-electron chi connectivity index (χ1n) is 7.74. The molecule has 2 N–H and O–H groups in total. The van der Waals surface area contributed by atoms with E-state index >= 15 is 0 Å². The number of piperidine rings is 1. The van der Waals surface area contributed by atoms with Gasteiger partial charge in [-0.25, -0.2) is 0 Å². The highest BCUT2D eigenvalue weighted by atomic mass is 32.2. The summed E-state index contributed by atoms with van der Waals surface area (Å²) < 4.78 is 32.6. The Bertz CT molecular complexity index is 614. The third kappa shape index (κ3) is 4.74. The van der Waals surface area contributed by atoms with Crippen molar-refractivity contribution in [2.24, 2.45) is 0 Å². The summed E-state index contributed by atoms with van der Waals surface area (Å²) in [5.41, 5.74) is 0.827. The van der Waals surface area contributed by atoms with Crippen molar-refractivity contribution in [3.8, 4) is 0 Å². The Labute approximate surface area is 137 Å². The lowest BCUT2D eigenvalue weighted by Crippen LogP contribution is -2.55. The fraction of sp³-hybridized carbons (Fsp3) is 0.786. The molecule has 8 nitrogen and oxygen atoms in total. The highest BCUT2D eigenvalue weighted by molar-refractivity contribution is 7.87. The maximum Gasteiger partial charge on any atom is 0.279 e. The number of likely N-dealkylation sites (tertiary alicyclic amines) is 1. The molecule has 1 fully saturated rings. The molecule has 0 unspecified atom stereocenters. The van der Waals surface area contributed by atoms with Crippen molar-refractivity contribution in [1.29, 1.82) is 0 Å². The van der Waals surface area contributed by atoms with Crippen LogP contribution in [-0.4, -0.2) is 67.2 Å². The second kappa shape index (κ2) is 7.27. The molecule has 2 rings (SSSR count).